The van der Waals surface area contributed by atoms with E-state index in [1.165, 1.54) is 117 Å². The second kappa shape index (κ2) is 13.9. The van der Waals surface area contributed by atoms with Gasteiger partial charge in [0.2, 0.25) is 0 Å². The van der Waals surface area contributed by atoms with Gasteiger partial charge in [0.25, 0.3) is 0 Å². The molecule has 108 valence electrons. The maximum absolute atomic E-state index is 1.53. The summed E-state index contributed by atoms with van der Waals surface area (Å²) in [7, 11) is 1.27. The molecule has 1 aliphatic heterocycles. The fraction of sp³-hybridized carbons (Fsp3) is 1.00. The van der Waals surface area contributed by atoms with E-state index in [4.69, 9.17) is 0 Å². The Bertz CT molecular complexity index is 80.6. The van der Waals surface area contributed by atoms with E-state index in [0.717, 1.165) is 0 Å². The molecule has 18 heavy (non-hydrogen) atoms. The Kier molecular flexibility index (Phi) is 12.7. The lowest BCUT2D eigenvalue weighted by atomic mass is 10.0. The van der Waals surface area contributed by atoms with Crippen LogP contribution in [0.3, 0.4) is 0 Å². The van der Waals surface area contributed by atoms with Crippen molar-refractivity contribution in [1.82, 2.24) is 0 Å². The Labute approximate surface area is 117 Å². The fourth-order valence-electron chi connectivity index (χ4n) is 2.92. The van der Waals surface area contributed by atoms with E-state index in [1.54, 1.807) is 0 Å². The van der Waals surface area contributed by atoms with E-state index in [0.29, 0.717) is 0 Å². The molecule has 0 nitrogen and oxygen atoms in total. The highest BCUT2D eigenvalue weighted by molar-refractivity contribution is 7.37. The summed E-state index contributed by atoms with van der Waals surface area (Å²) in [5.74, 6) is 0. The molecule has 0 unspecified atom stereocenters. The fourth-order valence-corrected chi connectivity index (χ4v) is 4.17. The molecule has 0 aliphatic carbocycles. The van der Waals surface area contributed by atoms with Gasteiger partial charge in [0.1, 0.15) is 0 Å². The van der Waals surface area contributed by atoms with Crippen molar-refractivity contribution in [2.24, 2.45) is 0 Å². The third-order valence-electron chi connectivity index (χ3n) is 4.21. The third kappa shape index (κ3) is 11.5. The molecule has 0 spiro atoms. The van der Waals surface area contributed by atoms with E-state index in [1.807, 2.05) is 0 Å². The lowest BCUT2D eigenvalue weighted by molar-refractivity contribution is 0.534. The standard InChI is InChI=1S/C17H35P/c1-2-4-6-8-10-12-14-16-18-17-15-13-11-9-7-5-3-1/h18H,1-17H2. The van der Waals surface area contributed by atoms with Crippen molar-refractivity contribution < 1.29 is 0 Å². The van der Waals surface area contributed by atoms with Crippen LogP contribution in [0.25, 0.3) is 0 Å². The second-order valence-corrected chi connectivity index (χ2v) is 7.55. The van der Waals surface area contributed by atoms with Gasteiger partial charge in [0.15, 0.2) is 0 Å². The number of rotatable bonds is 0. The maximum Gasteiger partial charge on any atom is -0.0353 e. The molecule has 1 saturated heterocycles. The second-order valence-electron chi connectivity index (χ2n) is 6.05. The van der Waals surface area contributed by atoms with Gasteiger partial charge in [-0.05, 0) is 25.2 Å². The zero-order valence-electron chi connectivity index (χ0n) is 12.5. The van der Waals surface area contributed by atoms with Gasteiger partial charge in [-0.15, -0.1) is 8.58 Å². The molecule has 0 radical (unpaired) electrons. The predicted octanol–water partition coefficient (Wildman–Crippen LogP) is 6.53. The van der Waals surface area contributed by atoms with Crippen LogP contribution in [0.2, 0.25) is 0 Å². The molecule has 0 bridgehead atoms. The summed E-state index contributed by atoms with van der Waals surface area (Å²) < 4.78 is 0. The normalized spacial score (nSPS) is 24.0. The molecule has 0 aromatic carbocycles. The zero-order valence-corrected chi connectivity index (χ0v) is 13.5. The largest absolute Gasteiger partial charge is 0.122 e. The SMILES string of the molecule is C1CCCCCCCCPCCCCCCCC1. The maximum atomic E-state index is 1.53. The molecular formula is C17H35P. The van der Waals surface area contributed by atoms with Crippen LogP contribution in [0.5, 0.6) is 0 Å². The van der Waals surface area contributed by atoms with Crippen LogP contribution < -0.4 is 0 Å². The highest BCUT2D eigenvalue weighted by Crippen LogP contribution is 2.19. The Morgan fingerprint density at radius 2 is 0.500 bits per heavy atom. The van der Waals surface area contributed by atoms with Gasteiger partial charge >= 0.3 is 0 Å². The molecule has 1 heteroatoms. The van der Waals surface area contributed by atoms with Gasteiger partial charge in [0.05, 0.1) is 0 Å². The summed E-state index contributed by atoms with van der Waals surface area (Å²) in [6, 6.07) is 0. The summed E-state index contributed by atoms with van der Waals surface area (Å²) in [5.41, 5.74) is 0. The summed E-state index contributed by atoms with van der Waals surface area (Å²) >= 11 is 0. The van der Waals surface area contributed by atoms with Crippen LogP contribution in [0.4, 0.5) is 0 Å². The van der Waals surface area contributed by atoms with E-state index < -0.39 is 0 Å². The topological polar surface area (TPSA) is 0 Å². The van der Waals surface area contributed by atoms with Crippen molar-refractivity contribution in [2.75, 3.05) is 12.3 Å². The summed E-state index contributed by atoms with van der Waals surface area (Å²) in [4.78, 5) is 0. The van der Waals surface area contributed by atoms with Crippen molar-refractivity contribution in [3.8, 4) is 0 Å². The Hall–Kier alpha value is 0.430. The molecule has 0 atom stereocenters. The Balaban J connectivity index is 2.00. The van der Waals surface area contributed by atoms with Crippen molar-refractivity contribution in [1.29, 1.82) is 0 Å². The quantitative estimate of drug-likeness (QED) is 0.439. The lowest BCUT2D eigenvalue weighted by Crippen LogP contribution is -1.87. The minimum atomic E-state index is 1.27. The predicted molar refractivity (Wildman–Crippen MR) is 87.3 cm³/mol. The lowest BCUT2D eigenvalue weighted by Gasteiger charge is -2.05. The van der Waals surface area contributed by atoms with Crippen molar-refractivity contribution in [3.05, 3.63) is 0 Å². The Morgan fingerprint density at radius 1 is 0.278 bits per heavy atom. The van der Waals surface area contributed by atoms with Crippen LogP contribution in [0, 0.1) is 0 Å². The molecule has 0 saturated carbocycles. The monoisotopic (exact) mass is 270 g/mol. The van der Waals surface area contributed by atoms with E-state index in [-0.39, 0.29) is 0 Å². The first-order valence-corrected chi connectivity index (χ1v) is 10.1. The average Bonchev–Trinajstić information content (AvgIpc) is 2.39. The van der Waals surface area contributed by atoms with Crippen molar-refractivity contribution >= 4 is 8.58 Å². The molecule has 1 rings (SSSR count). The smallest absolute Gasteiger partial charge is 0.0353 e. The van der Waals surface area contributed by atoms with Crippen molar-refractivity contribution in [2.45, 2.75) is 96.3 Å². The van der Waals surface area contributed by atoms with E-state index in [2.05, 4.69) is 0 Å². The third-order valence-corrected chi connectivity index (χ3v) is 5.62. The van der Waals surface area contributed by atoms with Gasteiger partial charge < -0.3 is 0 Å². The first kappa shape index (κ1) is 16.5. The van der Waals surface area contributed by atoms with Crippen LogP contribution in [0.15, 0.2) is 0 Å². The highest BCUT2D eigenvalue weighted by atomic mass is 31.1. The van der Waals surface area contributed by atoms with Crippen LogP contribution in [-0.2, 0) is 0 Å². The summed E-state index contributed by atoms with van der Waals surface area (Å²) in [6.07, 6.45) is 25.6. The summed E-state index contributed by atoms with van der Waals surface area (Å²) in [6.45, 7) is 0. The zero-order chi connectivity index (χ0) is 12.7. The average molecular weight is 270 g/mol. The Morgan fingerprint density at radius 3 is 0.778 bits per heavy atom. The van der Waals surface area contributed by atoms with Gasteiger partial charge in [-0.2, -0.15) is 0 Å². The van der Waals surface area contributed by atoms with Crippen molar-refractivity contribution in [3.63, 3.8) is 0 Å². The first-order valence-electron chi connectivity index (χ1n) is 8.71. The van der Waals surface area contributed by atoms with Gasteiger partial charge in [-0.3, -0.25) is 0 Å². The molecular weight excluding hydrogens is 235 g/mol. The van der Waals surface area contributed by atoms with Crippen LogP contribution in [0.1, 0.15) is 96.3 Å². The minimum Gasteiger partial charge on any atom is -0.122 e. The molecule has 0 N–H and O–H groups in total. The number of hydrogen-bond acceptors (Lipinski definition) is 0. The molecule has 1 fully saturated rings. The first-order chi connectivity index (χ1) is 9.00. The van der Waals surface area contributed by atoms with Gasteiger partial charge in [-0.25, -0.2) is 0 Å². The molecule has 0 aromatic heterocycles. The molecule has 0 amide bonds. The van der Waals surface area contributed by atoms with Gasteiger partial charge in [0, 0.05) is 0 Å². The molecule has 0 aromatic rings. The van der Waals surface area contributed by atoms with E-state index in [9.17, 15) is 0 Å². The highest BCUT2D eigenvalue weighted by Gasteiger charge is 1.96. The number of hydrogen-bond donors (Lipinski definition) is 0. The minimum absolute atomic E-state index is 1.27. The molecule has 1 aliphatic rings. The van der Waals surface area contributed by atoms with Crippen LogP contribution in [-0.4, -0.2) is 12.3 Å². The van der Waals surface area contributed by atoms with Crippen LogP contribution >= 0.6 is 8.58 Å². The molecule has 1 heterocycles. The summed E-state index contributed by atoms with van der Waals surface area (Å²) in [5, 5.41) is 0. The van der Waals surface area contributed by atoms with E-state index >= 15 is 0 Å². The van der Waals surface area contributed by atoms with Gasteiger partial charge in [-0.1, -0.05) is 83.5 Å².